The minimum absolute atomic E-state index is 0.112. The van der Waals surface area contributed by atoms with Crippen LogP contribution in [0.1, 0.15) is 40.7 Å². The van der Waals surface area contributed by atoms with Crippen molar-refractivity contribution in [1.29, 1.82) is 0 Å². The van der Waals surface area contributed by atoms with Crippen LogP contribution in [0, 0.1) is 6.92 Å². The molecule has 2 amide bonds. The van der Waals surface area contributed by atoms with Crippen LogP contribution in [0.5, 0.6) is 0 Å². The largest absolute Gasteiger partial charge is 0.337 e. The number of hydrogen-bond donors (Lipinski definition) is 1. The van der Waals surface area contributed by atoms with Crippen molar-refractivity contribution in [3.05, 3.63) is 47.2 Å². The number of amides is 2. The molecule has 1 saturated heterocycles. The third-order valence-electron chi connectivity index (χ3n) is 3.58. The van der Waals surface area contributed by atoms with Crippen molar-refractivity contribution in [2.75, 3.05) is 7.05 Å². The van der Waals surface area contributed by atoms with Crippen LogP contribution in [-0.4, -0.2) is 23.8 Å². The lowest BCUT2D eigenvalue weighted by Crippen LogP contribution is -2.25. The number of carbonyl (C=O) groups excluding carboxylic acids is 2. The van der Waals surface area contributed by atoms with E-state index in [0.717, 1.165) is 30.6 Å². The lowest BCUT2D eigenvalue weighted by Gasteiger charge is -2.12. The first-order valence-corrected chi connectivity index (χ1v) is 6.80. The third kappa shape index (κ3) is 3.07. The molecule has 20 heavy (non-hydrogen) atoms. The zero-order valence-electron chi connectivity index (χ0n) is 12.0. The van der Waals surface area contributed by atoms with Gasteiger partial charge in [0.05, 0.1) is 0 Å². The van der Waals surface area contributed by atoms with E-state index in [1.54, 1.807) is 4.90 Å². The van der Waals surface area contributed by atoms with Gasteiger partial charge in [-0.3, -0.25) is 9.59 Å². The maximum Gasteiger partial charge on any atom is 0.254 e. The molecule has 4 heteroatoms. The predicted molar refractivity (Wildman–Crippen MR) is 78.1 cm³/mol. The van der Waals surface area contributed by atoms with Crippen LogP contribution < -0.4 is 5.32 Å². The molecule has 2 aliphatic heterocycles. The van der Waals surface area contributed by atoms with Crippen molar-refractivity contribution in [3.63, 3.8) is 0 Å². The van der Waals surface area contributed by atoms with Crippen molar-refractivity contribution in [2.45, 2.75) is 32.7 Å². The van der Waals surface area contributed by atoms with E-state index in [2.05, 4.69) is 11.9 Å². The van der Waals surface area contributed by atoms with Gasteiger partial charge in [-0.25, -0.2) is 0 Å². The second kappa shape index (κ2) is 5.90. The fourth-order valence-corrected chi connectivity index (χ4v) is 2.41. The van der Waals surface area contributed by atoms with E-state index in [1.807, 2.05) is 32.2 Å². The first kappa shape index (κ1) is 14.3. The minimum atomic E-state index is 0.112. The van der Waals surface area contributed by atoms with E-state index < -0.39 is 0 Å². The highest BCUT2D eigenvalue weighted by Crippen LogP contribution is 2.23. The number of fused-ring (bicyclic) bond motifs is 1. The average Bonchev–Trinajstić information content (AvgIpc) is 2.68. The van der Waals surface area contributed by atoms with Gasteiger partial charge in [0.2, 0.25) is 5.91 Å². The van der Waals surface area contributed by atoms with Gasteiger partial charge in [0, 0.05) is 31.3 Å². The molecule has 106 valence electrons. The molecular formula is C16H20N2O2. The van der Waals surface area contributed by atoms with Crippen molar-refractivity contribution in [2.24, 2.45) is 0 Å². The standard InChI is InChI=1S/C10H11NO.C6H9NO/c1-7-4-3-5-8-9(7)6-11(2)10(8)12;1-5-3-2-4-6(8)7-5/h3-5H,6H2,1-2H3;1-4H2,(H,7,8). The Kier molecular flexibility index (Phi) is 4.23. The molecule has 0 saturated carbocycles. The van der Waals surface area contributed by atoms with Crippen LogP contribution in [0.25, 0.3) is 0 Å². The summed E-state index contributed by atoms with van der Waals surface area (Å²) in [5.41, 5.74) is 4.13. The number of nitrogens with one attached hydrogen (secondary N) is 1. The molecule has 2 aliphatic rings. The SMILES string of the molecule is C=C1CCCC(=O)N1.Cc1cccc2c1CN(C)C2=O. The van der Waals surface area contributed by atoms with Gasteiger partial charge in [0.1, 0.15) is 0 Å². The number of aryl methyl sites for hydroxylation is 1. The molecule has 1 aromatic carbocycles. The third-order valence-corrected chi connectivity index (χ3v) is 3.58. The summed E-state index contributed by atoms with van der Waals surface area (Å²) in [6.07, 6.45) is 2.58. The van der Waals surface area contributed by atoms with Crippen LogP contribution in [0.15, 0.2) is 30.5 Å². The van der Waals surface area contributed by atoms with Crippen LogP contribution in [-0.2, 0) is 11.3 Å². The fourth-order valence-electron chi connectivity index (χ4n) is 2.41. The molecule has 0 bridgehead atoms. The van der Waals surface area contributed by atoms with E-state index in [9.17, 15) is 9.59 Å². The number of piperidine rings is 1. The smallest absolute Gasteiger partial charge is 0.254 e. The van der Waals surface area contributed by atoms with Crippen LogP contribution >= 0.6 is 0 Å². The Morgan fingerprint density at radius 3 is 2.55 bits per heavy atom. The van der Waals surface area contributed by atoms with Crippen molar-refractivity contribution in [3.8, 4) is 0 Å². The van der Waals surface area contributed by atoms with Crippen molar-refractivity contribution in [1.82, 2.24) is 10.2 Å². The summed E-state index contributed by atoms with van der Waals surface area (Å²) >= 11 is 0. The van der Waals surface area contributed by atoms with Gasteiger partial charge in [-0.15, -0.1) is 0 Å². The molecule has 0 radical (unpaired) electrons. The van der Waals surface area contributed by atoms with Crippen LogP contribution in [0.3, 0.4) is 0 Å². The first-order valence-electron chi connectivity index (χ1n) is 6.80. The molecule has 1 N–H and O–H groups in total. The maximum absolute atomic E-state index is 11.5. The van der Waals surface area contributed by atoms with Gasteiger partial charge in [-0.2, -0.15) is 0 Å². The highest BCUT2D eigenvalue weighted by molar-refractivity contribution is 5.98. The fraction of sp³-hybridized carbons (Fsp3) is 0.375. The summed E-state index contributed by atoms with van der Waals surface area (Å²) in [4.78, 5) is 23.7. The molecule has 1 fully saturated rings. The van der Waals surface area contributed by atoms with Crippen LogP contribution in [0.2, 0.25) is 0 Å². The Labute approximate surface area is 119 Å². The molecule has 0 spiro atoms. The number of rotatable bonds is 0. The number of benzene rings is 1. The molecule has 0 atom stereocenters. The highest BCUT2D eigenvalue weighted by atomic mass is 16.2. The summed E-state index contributed by atoms with van der Waals surface area (Å²) in [7, 11) is 1.84. The van der Waals surface area contributed by atoms with Gasteiger partial charge in [-0.05, 0) is 37.0 Å². The lowest BCUT2D eigenvalue weighted by atomic mass is 10.1. The maximum atomic E-state index is 11.5. The Hall–Kier alpha value is -2.10. The lowest BCUT2D eigenvalue weighted by molar-refractivity contribution is -0.121. The minimum Gasteiger partial charge on any atom is -0.337 e. The summed E-state index contributed by atoms with van der Waals surface area (Å²) < 4.78 is 0. The quantitative estimate of drug-likeness (QED) is 0.788. The molecule has 1 aromatic rings. The molecule has 0 aliphatic carbocycles. The number of carbonyl (C=O) groups is 2. The summed E-state index contributed by atoms with van der Waals surface area (Å²) in [5, 5.41) is 2.65. The van der Waals surface area contributed by atoms with E-state index >= 15 is 0 Å². The molecule has 4 nitrogen and oxygen atoms in total. The highest BCUT2D eigenvalue weighted by Gasteiger charge is 2.24. The number of hydrogen-bond acceptors (Lipinski definition) is 2. The summed E-state index contributed by atoms with van der Waals surface area (Å²) in [6, 6.07) is 5.88. The Morgan fingerprint density at radius 2 is 2.00 bits per heavy atom. The van der Waals surface area contributed by atoms with Gasteiger partial charge >= 0.3 is 0 Å². The molecule has 3 rings (SSSR count). The van der Waals surface area contributed by atoms with Crippen molar-refractivity contribution >= 4 is 11.8 Å². The zero-order valence-corrected chi connectivity index (χ0v) is 12.0. The van der Waals surface area contributed by atoms with Crippen LogP contribution in [0.4, 0.5) is 0 Å². The Morgan fingerprint density at radius 1 is 1.25 bits per heavy atom. The second-order valence-electron chi connectivity index (χ2n) is 5.27. The van der Waals surface area contributed by atoms with E-state index in [0.29, 0.717) is 6.42 Å². The second-order valence-corrected chi connectivity index (χ2v) is 5.27. The average molecular weight is 272 g/mol. The van der Waals surface area contributed by atoms with Gasteiger partial charge < -0.3 is 10.2 Å². The Bertz CT molecular complexity index is 550. The molecule has 0 unspecified atom stereocenters. The van der Waals surface area contributed by atoms with Gasteiger partial charge in [-0.1, -0.05) is 18.7 Å². The monoisotopic (exact) mass is 272 g/mol. The first-order chi connectivity index (χ1) is 9.49. The topological polar surface area (TPSA) is 49.4 Å². The van der Waals surface area contributed by atoms with Gasteiger partial charge in [0.15, 0.2) is 0 Å². The van der Waals surface area contributed by atoms with Crippen molar-refractivity contribution < 1.29 is 9.59 Å². The predicted octanol–water partition coefficient (Wildman–Crippen LogP) is 2.38. The molecule has 0 aromatic heterocycles. The van der Waals surface area contributed by atoms with E-state index in [1.165, 1.54) is 11.1 Å². The zero-order chi connectivity index (χ0) is 14.7. The number of allylic oxidation sites excluding steroid dienone is 1. The summed E-state index contributed by atoms with van der Waals surface area (Å²) in [5.74, 6) is 0.259. The van der Waals surface area contributed by atoms with Gasteiger partial charge in [0.25, 0.3) is 5.91 Å². The van der Waals surface area contributed by atoms with E-state index in [-0.39, 0.29) is 11.8 Å². The Balaban J connectivity index is 0.000000160. The van der Waals surface area contributed by atoms with E-state index in [4.69, 9.17) is 0 Å². The molecular weight excluding hydrogens is 252 g/mol. The summed E-state index contributed by atoms with van der Waals surface area (Å²) in [6.45, 7) is 6.44. The molecule has 2 heterocycles. The normalized spacial score (nSPS) is 17.3. The number of nitrogens with zero attached hydrogens (tertiary/aromatic N) is 1.